The minimum atomic E-state index is -1.54. The van der Waals surface area contributed by atoms with Crippen LogP contribution < -0.4 is 0 Å². The van der Waals surface area contributed by atoms with E-state index >= 15 is 0 Å². The highest BCUT2D eigenvalue weighted by Gasteiger charge is 2.54. The van der Waals surface area contributed by atoms with Crippen molar-refractivity contribution in [2.75, 3.05) is 13.2 Å². The molecule has 1 fully saturated rings. The van der Waals surface area contributed by atoms with Crippen LogP contribution in [0, 0.1) is 5.92 Å². The molecule has 3 aliphatic rings. The van der Waals surface area contributed by atoms with Crippen molar-refractivity contribution in [3.05, 3.63) is 144 Å². The van der Waals surface area contributed by atoms with Gasteiger partial charge >= 0.3 is 23.9 Å². The number of fused-ring (bicyclic) bond motifs is 1. The number of benzene rings is 3. The van der Waals surface area contributed by atoms with Gasteiger partial charge in [0.15, 0.2) is 17.3 Å². The summed E-state index contributed by atoms with van der Waals surface area (Å²) in [7, 11) is 0. The molecule has 0 saturated carbocycles. The molecule has 7 atom stereocenters. The van der Waals surface area contributed by atoms with Gasteiger partial charge in [-0.15, -0.1) is 6.58 Å². The number of hydrogen-bond acceptors (Lipinski definition) is 13. The van der Waals surface area contributed by atoms with Gasteiger partial charge in [-0.1, -0.05) is 72.4 Å². The van der Waals surface area contributed by atoms with Crippen molar-refractivity contribution in [3.8, 4) is 0 Å². The van der Waals surface area contributed by atoms with E-state index in [1.807, 2.05) is 0 Å². The molecule has 0 N–H and O–H groups in total. The van der Waals surface area contributed by atoms with E-state index in [4.69, 9.17) is 33.2 Å². The Balaban J connectivity index is 1.39. The van der Waals surface area contributed by atoms with Gasteiger partial charge in [0.1, 0.15) is 25.6 Å². The van der Waals surface area contributed by atoms with Crippen LogP contribution in [0.25, 0.3) is 0 Å². The van der Waals surface area contributed by atoms with Gasteiger partial charge < -0.3 is 33.2 Å². The van der Waals surface area contributed by atoms with E-state index < -0.39 is 72.5 Å². The van der Waals surface area contributed by atoms with Gasteiger partial charge in [0.05, 0.1) is 33.4 Å². The number of esters is 4. The Labute approximate surface area is 303 Å². The number of rotatable bonds is 11. The first-order chi connectivity index (χ1) is 25.2. The Morgan fingerprint density at radius 2 is 1.37 bits per heavy atom. The maximum atomic E-state index is 13.7. The Morgan fingerprint density at radius 1 is 0.808 bits per heavy atom. The molecular formula is C39H34O12S. The monoisotopic (exact) mass is 726 g/mol. The highest BCUT2D eigenvalue weighted by Crippen LogP contribution is 2.39. The number of ether oxygens (including phenoxy) is 7. The Kier molecular flexibility index (Phi) is 11.6. The smallest absolute Gasteiger partial charge is 0.341 e. The van der Waals surface area contributed by atoms with Crippen molar-refractivity contribution >= 4 is 40.8 Å². The predicted molar refractivity (Wildman–Crippen MR) is 186 cm³/mol. The van der Waals surface area contributed by atoms with Gasteiger partial charge in [0.2, 0.25) is 12.6 Å². The molecule has 0 bridgehead atoms. The van der Waals surface area contributed by atoms with Crippen LogP contribution in [0.15, 0.2) is 127 Å². The Morgan fingerprint density at radius 3 is 1.92 bits per heavy atom. The van der Waals surface area contributed by atoms with Crippen LogP contribution in [0.5, 0.6) is 0 Å². The SMILES string of the molecule is C=C[C@@H]1C2=CCOC(=O)C2=CO[C@H]1O[C@@H]1O[C@H](COC(=O)c2ccccc2)[C@H](SC(C)=O)[C@H](OC(=O)c2ccccc2)[C@H]1OC(=O)c1ccccc1. The normalized spacial score (nSPS) is 25.1. The molecule has 0 radical (unpaired) electrons. The molecule has 0 unspecified atom stereocenters. The fraction of sp³-hybridized carbons (Fsp3) is 0.256. The standard InChI is InChI=1S/C39H34O12S/c1-3-27-28-19-20-45-37(44)29(28)21-47-38(27)51-39-32(50-36(43)26-17-11-6-12-18-26)31(49-35(42)25-15-9-5-10-16-25)33(52-23(2)40)30(48-39)22-46-34(41)24-13-7-4-8-14-24/h3-19,21,27,30-33,38-39H,1,20,22H2,2H3/t27-,30-,31-,32-,33+,38+,39+/m1/s1. The van der Waals surface area contributed by atoms with Gasteiger partial charge in [-0.2, -0.15) is 0 Å². The fourth-order valence-electron chi connectivity index (χ4n) is 5.86. The average Bonchev–Trinajstić information content (AvgIpc) is 3.17. The number of carbonyl (C=O) groups excluding carboxylic acids is 5. The van der Waals surface area contributed by atoms with E-state index in [2.05, 4.69) is 6.58 Å². The lowest BCUT2D eigenvalue weighted by atomic mass is 9.89. The molecule has 0 amide bonds. The molecule has 0 aromatic heterocycles. The van der Waals surface area contributed by atoms with Crippen LogP contribution >= 0.6 is 11.8 Å². The zero-order valence-electron chi connectivity index (χ0n) is 27.9. The number of carbonyl (C=O) groups is 5. The second-order valence-corrected chi connectivity index (χ2v) is 13.1. The lowest BCUT2D eigenvalue weighted by Gasteiger charge is -2.46. The fourth-order valence-corrected chi connectivity index (χ4v) is 6.88. The molecule has 3 aromatic rings. The summed E-state index contributed by atoms with van der Waals surface area (Å²) >= 11 is 0.774. The zero-order chi connectivity index (χ0) is 36.6. The molecule has 268 valence electrons. The van der Waals surface area contributed by atoms with E-state index in [0.717, 1.165) is 11.8 Å². The second-order valence-electron chi connectivity index (χ2n) is 11.7. The average molecular weight is 727 g/mol. The summed E-state index contributed by atoms with van der Waals surface area (Å²) in [5.74, 6) is -3.54. The van der Waals surface area contributed by atoms with E-state index in [9.17, 15) is 24.0 Å². The highest BCUT2D eigenvalue weighted by molar-refractivity contribution is 8.14. The first-order valence-electron chi connectivity index (χ1n) is 16.3. The molecule has 13 heteroatoms. The van der Waals surface area contributed by atoms with Crippen molar-refractivity contribution in [3.63, 3.8) is 0 Å². The van der Waals surface area contributed by atoms with Gasteiger partial charge in [-0.25, -0.2) is 19.2 Å². The maximum Gasteiger partial charge on any atom is 0.341 e. The molecule has 0 spiro atoms. The van der Waals surface area contributed by atoms with E-state index in [1.54, 1.807) is 97.1 Å². The Bertz CT molecular complexity index is 1860. The van der Waals surface area contributed by atoms with Crippen LogP contribution in [0.4, 0.5) is 0 Å². The van der Waals surface area contributed by atoms with Crippen molar-refractivity contribution in [1.29, 1.82) is 0 Å². The van der Waals surface area contributed by atoms with Crippen LogP contribution in [-0.4, -0.2) is 78.3 Å². The molecule has 3 aromatic carbocycles. The van der Waals surface area contributed by atoms with Crippen molar-refractivity contribution in [2.45, 2.75) is 43.1 Å². The van der Waals surface area contributed by atoms with Crippen LogP contribution in [-0.2, 0) is 42.7 Å². The largest absolute Gasteiger partial charge is 0.471 e. The van der Waals surface area contributed by atoms with E-state index in [0.29, 0.717) is 5.57 Å². The summed E-state index contributed by atoms with van der Waals surface area (Å²) in [6.45, 7) is 4.84. The summed E-state index contributed by atoms with van der Waals surface area (Å²) in [6.07, 6.45) is -2.34. The zero-order valence-corrected chi connectivity index (χ0v) is 28.7. The van der Waals surface area contributed by atoms with Crippen LogP contribution in [0.3, 0.4) is 0 Å². The molecule has 3 aliphatic heterocycles. The number of hydrogen-bond donors (Lipinski definition) is 0. The molecule has 3 heterocycles. The maximum absolute atomic E-state index is 13.7. The van der Waals surface area contributed by atoms with E-state index in [1.165, 1.54) is 19.3 Å². The predicted octanol–water partition coefficient (Wildman–Crippen LogP) is 5.21. The minimum absolute atomic E-state index is 0.0239. The van der Waals surface area contributed by atoms with Gasteiger partial charge in [0, 0.05) is 6.92 Å². The molecule has 52 heavy (non-hydrogen) atoms. The molecule has 0 aliphatic carbocycles. The molecule has 12 nitrogen and oxygen atoms in total. The van der Waals surface area contributed by atoms with Gasteiger partial charge in [-0.05, 0) is 48.0 Å². The summed E-state index contributed by atoms with van der Waals surface area (Å²) in [5, 5.41) is -1.44. The number of cyclic esters (lactones) is 1. The quantitative estimate of drug-likeness (QED) is 0.145. The third-order valence-electron chi connectivity index (χ3n) is 8.33. The molecule has 6 rings (SSSR count). The third-order valence-corrected chi connectivity index (χ3v) is 9.51. The summed E-state index contributed by atoms with van der Waals surface area (Å²) < 4.78 is 41.6. The lowest BCUT2D eigenvalue weighted by molar-refractivity contribution is -0.312. The molecular weight excluding hydrogens is 692 g/mol. The van der Waals surface area contributed by atoms with Crippen molar-refractivity contribution in [1.82, 2.24) is 0 Å². The first kappa shape index (κ1) is 36.3. The second kappa shape index (κ2) is 16.7. The van der Waals surface area contributed by atoms with Crippen LogP contribution in [0.1, 0.15) is 38.0 Å². The van der Waals surface area contributed by atoms with Crippen LogP contribution in [0.2, 0.25) is 0 Å². The van der Waals surface area contributed by atoms with Crippen molar-refractivity contribution in [2.24, 2.45) is 5.92 Å². The van der Waals surface area contributed by atoms with Gasteiger partial charge in [0.25, 0.3) is 0 Å². The topological polar surface area (TPSA) is 150 Å². The minimum Gasteiger partial charge on any atom is -0.471 e. The number of thioether (sulfide) groups is 1. The third kappa shape index (κ3) is 8.34. The highest BCUT2D eigenvalue weighted by atomic mass is 32.2. The lowest BCUT2D eigenvalue weighted by Crippen LogP contribution is -2.62. The Hall–Kier alpha value is -5.50. The summed E-state index contributed by atoms with van der Waals surface area (Å²) in [4.78, 5) is 65.6. The summed E-state index contributed by atoms with van der Waals surface area (Å²) in [6, 6.07) is 24.5. The van der Waals surface area contributed by atoms with Gasteiger partial charge in [-0.3, -0.25) is 4.79 Å². The first-order valence-corrected chi connectivity index (χ1v) is 17.2. The molecule has 1 saturated heterocycles. The van der Waals surface area contributed by atoms with Crippen molar-refractivity contribution < 1.29 is 57.1 Å². The van der Waals surface area contributed by atoms with E-state index in [-0.39, 0.29) is 34.0 Å². The summed E-state index contributed by atoms with van der Waals surface area (Å²) in [5.41, 5.74) is 1.37.